The maximum Gasteiger partial charge on any atom is 0.266 e. The molecule has 0 aliphatic heterocycles. The first-order chi connectivity index (χ1) is 12.3. The first-order valence-corrected chi connectivity index (χ1v) is 7.71. The van der Waals surface area contributed by atoms with Gasteiger partial charge in [0.2, 0.25) is 0 Å². The summed E-state index contributed by atoms with van der Waals surface area (Å²) < 4.78 is 16.5. The molecule has 0 N–H and O–H groups in total. The van der Waals surface area contributed by atoms with Gasteiger partial charge in [0.25, 0.3) is 11.8 Å². The van der Waals surface area contributed by atoms with Gasteiger partial charge in [0.15, 0.2) is 0 Å². The minimum atomic E-state index is 0.341. The number of para-hydroxylation sites is 2. The molecule has 124 valence electrons. The Labute approximate surface area is 144 Å². The summed E-state index contributed by atoms with van der Waals surface area (Å²) >= 11 is 0. The van der Waals surface area contributed by atoms with Gasteiger partial charge >= 0.3 is 0 Å². The zero-order valence-electron chi connectivity index (χ0n) is 13.8. The van der Waals surface area contributed by atoms with Gasteiger partial charge in [-0.1, -0.05) is 30.3 Å². The Balaban J connectivity index is 1.79. The number of pyridine rings is 1. The van der Waals surface area contributed by atoms with Crippen molar-refractivity contribution in [2.24, 2.45) is 0 Å². The summed E-state index contributed by atoms with van der Waals surface area (Å²) in [6.07, 6.45) is 0. The van der Waals surface area contributed by atoms with Gasteiger partial charge in [-0.15, -0.1) is 10.2 Å². The molecular weight excluding hydrogens is 318 g/mol. The van der Waals surface area contributed by atoms with E-state index in [0.717, 1.165) is 16.5 Å². The predicted molar refractivity (Wildman–Crippen MR) is 93.6 cm³/mol. The monoisotopic (exact) mass is 333 g/mol. The Hall–Kier alpha value is -3.41. The molecule has 0 aliphatic rings. The van der Waals surface area contributed by atoms with E-state index in [1.807, 2.05) is 54.6 Å². The van der Waals surface area contributed by atoms with Crippen LogP contribution in [0.1, 0.15) is 0 Å². The lowest BCUT2D eigenvalue weighted by Crippen LogP contribution is -1.90. The summed E-state index contributed by atoms with van der Waals surface area (Å²) in [7, 11) is 3.23. The van der Waals surface area contributed by atoms with Crippen molar-refractivity contribution in [3.63, 3.8) is 0 Å². The molecule has 0 spiro atoms. The third-order valence-corrected chi connectivity index (χ3v) is 3.88. The fourth-order valence-corrected chi connectivity index (χ4v) is 2.66. The van der Waals surface area contributed by atoms with Gasteiger partial charge in [-0.3, -0.25) is 0 Å². The molecule has 0 bridgehead atoms. The van der Waals surface area contributed by atoms with Crippen LogP contribution in [0.25, 0.3) is 33.9 Å². The Kier molecular flexibility index (Phi) is 3.78. The Morgan fingerprint density at radius 1 is 0.760 bits per heavy atom. The highest BCUT2D eigenvalue weighted by Crippen LogP contribution is 2.31. The molecule has 25 heavy (non-hydrogen) atoms. The molecule has 0 atom stereocenters. The number of rotatable bonds is 4. The molecule has 2 aromatic carbocycles. The normalized spacial score (nSPS) is 10.8. The van der Waals surface area contributed by atoms with E-state index < -0.39 is 0 Å². The second kappa shape index (κ2) is 6.24. The lowest BCUT2D eigenvalue weighted by atomic mass is 10.2. The SMILES string of the molecule is COc1ccccc1-c1nnc(-c2ccc3cccc(OC)c3n2)o1. The summed E-state index contributed by atoms with van der Waals surface area (Å²) in [5.41, 5.74) is 2.08. The van der Waals surface area contributed by atoms with E-state index in [9.17, 15) is 0 Å². The van der Waals surface area contributed by atoms with E-state index in [-0.39, 0.29) is 0 Å². The summed E-state index contributed by atoms with van der Waals surface area (Å²) in [5, 5.41) is 9.23. The van der Waals surface area contributed by atoms with Crippen LogP contribution in [-0.4, -0.2) is 29.4 Å². The number of methoxy groups -OCH3 is 2. The third-order valence-electron chi connectivity index (χ3n) is 3.88. The third kappa shape index (κ3) is 2.67. The van der Waals surface area contributed by atoms with Gasteiger partial charge < -0.3 is 13.9 Å². The van der Waals surface area contributed by atoms with Crippen molar-refractivity contribution in [1.29, 1.82) is 0 Å². The first-order valence-electron chi connectivity index (χ1n) is 7.71. The van der Waals surface area contributed by atoms with Crippen LogP contribution in [0.4, 0.5) is 0 Å². The highest BCUT2D eigenvalue weighted by Gasteiger charge is 2.15. The van der Waals surface area contributed by atoms with Crippen molar-refractivity contribution < 1.29 is 13.9 Å². The van der Waals surface area contributed by atoms with Crippen molar-refractivity contribution in [2.75, 3.05) is 14.2 Å². The Bertz CT molecular complexity index is 1040. The standard InChI is InChI=1S/C19H15N3O3/c1-23-15-8-4-3-7-13(15)18-21-22-19(25-18)14-11-10-12-6-5-9-16(24-2)17(12)20-14/h3-11H,1-2H3. The first kappa shape index (κ1) is 15.1. The Morgan fingerprint density at radius 3 is 2.36 bits per heavy atom. The van der Waals surface area contributed by atoms with Gasteiger partial charge in [0.1, 0.15) is 22.7 Å². The van der Waals surface area contributed by atoms with Crippen molar-refractivity contribution in [1.82, 2.24) is 15.2 Å². The van der Waals surface area contributed by atoms with Gasteiger partial charge in [-0.05, 0) is 24.3 Å². The van der Waals surface area contributed by atoms with Gasteiger partial charge in [0.05, 0.1) is 19.8 Å². The molecule has 4 aromatic rings. The maximum absolute atomic E-state index is 5.82. The van der Waals surface area contributed by atoms with Crippen LogP contribution < -0.4 is 9.47 Å². The molecule has 6 heteroatoms. The second-order valence-corrected chi connectivity index (χ2v) is 5.34. The van der Waals surface area contributed by atoms with Crippen LogP contribution in [-0.2, 0) is 0 Å². The summed E-state index contributed by atoms with van der Waals surface area (Å²) in [5.74, 6) is 2.10. The quantitative estimate of drug-likeness (QED) is 0.563. The Morgan fingerprint density at radius 2 is 1.52 bits per heavy atom. The summed E-state index contributed by atoms with van der Waals surface area (Å²) in [6.45, 7) is 0. The lowest BCUT2D eigenvalue weighted by Gasteiger charge is -2.05. The van der Waals surface area contributed by atoms with E-state index >= 15 is 0 Å². The highest BCUT2D eigenvalue weighted by molar-refractivity contribution is 5.86. The van der Waals surface area contributed by atoms with Crippen molar-refractivity contribution in [2.45, 2.75) is 0 Å². The molecule has 0 saturated carbocycles. The van der Waals surface area contributed by atoms with Gasteiger partial charge in [-0.2, -0.15) is 0 Å². The molecule has 0 fully saturated rings. The number of nitrogens with zero attached hydrogens (tertiary/aromatic N) is 3. The maximum atomic E-state index is 5.82. The zero-order chi connectivity index (χ0) is 17.2. The minimum Gasteiger partial charge on any atom is -0.496 e. The number of hydrogen-bond acceptors (Lipinski definition) is 6. The minimum absolute atomic E-state index is 0.341. The molecule has 2 heterocycles. The number of fused-ring (bicyclic) bond motifs is 1. The van der Waals surface area contributed by atoms with E-state index in [1.165, 1.54) is 0 Å². The fourth-order valence-electron chi connectivity index (χ4n) is 2.66. The smallest absolute Gasteiger partial charge is 0.266 e. The van der Waals surface area contributed by atoms with Crippen molar-refractivity contribution in [3.8, 4) is 34.5 Å². The average molecular weight is 333 g/mol. The van der Waals surface area contributed by atoms with Crippen LogP contribution in [0.5, 0.6) is 11.5 Å². The highest BCUT2D eigenvalue weighted by atomic mass is 16.5. The average Bonchev–Trinajstić information content (AvgIpc) is 3.17. The van der Waals surface area contributed by atoms with Crippen LogP contribution in [0.3, 0.4) is 0 Å². The molecular formula is C19H15N3O3. The summed E-state index contributed by atoms with van der Waals surface area (Å²) in [4.78, 5) is 4.61. The number of ether oxygens (including phenoxy) is 2. The van der Waals surface area contributed by atoms with E-state index in [0.29, 0.717) is 29.0 Å². The molecule has 0 radical (unpaired) electrons. The predicted octanol–water partition coefficient (Wildman–Crippen LogP) is 3.97. The topological polar surface area (TPSA) is 70.3 Å². The van der Waals surface area contributed by atoms with E-state index in [1.54, 1.807) is 14.2 Å². The molecule has 4 rings (SSSR count). The number of hydrogen-bond donors (Lipinski definition) is 0. The van der Waals surface area contributed by atoms with Gasteiger partial charge in [-0.25, -0.2) is 4.98 Å². The molecule has 0 saturated heterocycles. The zero-order valence-corrected chi connectivity index (χ0v) is 13.8. The van der Waals surface area contributed by atoms with Crippen LogP contribution >= 0.6 is 0 Å². The molecule has 0 amide bonds. The van der Waals surface area contributed by atoms with Crippen LogP contribution in [0.2, 0.25) is 0 Å². The van der Waals surface area contributed by atoms with Crippen LogP contribution in [0.15, 0.2) is 59.0 Å². The molecule has 0 unspecified atom stereocenters. The van der Waals surface area contributed by atoms with E-state index in [2.05, 4.69) is 15.2 Å². The van der Waals surface area contributed by atoms with Gasteiger partial charge in [0, 0.05) is 5.39 Å². The molecule has 6 nitrogen and oxygen atoms in total. The van der Waals surface area contributed by atoms with Crippen LogP contribution in [0, 0.1) is 0 Å². The lowest BCUT2D eigenvalue weighted by molar-refractivity contribution is 0.414. The molecule has 2 aromatic heterocycles. The second-order valence-electron chi connectivity index (χ2n) is 5.34. The summed E-state index contributed by atoms with van der Waals surface area (Å²) in [6, 6.07) is 17.1. The largest absolute Gasteiger partial charge is 0.496 e. The molecule has 0 aliphatic carbocycles. The van der Waals surface area contributed by atoms with Crippen molar-refractivity contribution in [3.05, 3.63) is 54.6 Å². The van der Waals surface area contributed by atoms with Crippen molar-refractivity contribution >= 4 is 10.9 Å². The fraction of sp³-hybridized carbons (Fsp3) is 0.105. The number of benzene rings is 2. The number of aromatic nitrogens is 3. The van der Waals surface area contributed by atoms with E-state index in [4.69, 9.17) is 13.9 Å².